The Labute approximate surface area is 148 Å². The summed E-state index contributed by atoms with van der Waals surface area (Å²) < 4.78 is 5.72. The van der Waals surface area contributed by atoms with Crippen molar-refractivity contribution in [3.05, 3.63) is 84.5 Å². The fourth-order valence-electron chi connectivity index (χ4n) is 3.93. The number of para-hydroxylation sites is 2. The second-order valence-corrected chi connectivity index (χ2v) is 6.92. The number of nitrogens with zero attached hydrogens (tertiary/aromatic N) is 1. The van der Waals surface area contributed by atoms with Crippen LogP contribution in [-0.2, 0) is 5.41 Å². The van der Waals surface area contributed by atoms with E-state index >= 15 is 0 Å². The number of anilines is 1. The van der Waals surface area contributed by atoms with Crippen LogP contribution in [0.25, 0.3) is 0 Å². The van der Waals surface area contributed by atoms with E-state index in [1.165, 1.54) is 11.3 Å². The van der Waals surface area contributed by atoms with Crippen molar-refractivity contribution in [3.8, 4) is 5.75 Å². The van der Waals surface area contributed by atoms with E-state index < -0.39 is 6.10 Å². The van der Waals surface area contributed by atoms with Crippen molar-refractivity contribution in [2.45, 2.75) is 24.5 Å². The molecular formula is C22H23NO2. The molecule has 1 heterocycles. The number of hydrogen-bond donors (Lipinski definition) is 1. The van der Waals surface area contributed by atoms with Gasteiger partial charge in [0.25, 0.3) is 0 Å². The first-order valence-electron chi connectivity index (χ1n) is 8.76. The zero-order chi connectivity index (χ0) is 17.3. The maximum Gasteiger partial charge on any atom is 0.119 e. The largest absolute Gasteiger partial charge is 0.491 e. The van der Waals surface area contributed by atoms with Gasteiger partial charge in [0.1, 0.15) is 18.5 Å². The van der Waals surface area contributed by atoms with Gasteiger partial charge in [-0.05, 0) is 30.7 Å². The van der Waals surface area contributed by atoms with Gasteiger partial charge in [-0.2, -0.15) is 0 Å². The van der Waals surface area contributed by atoms with Gasteiger partial charge in [0.05, 0.1) is 6.04 Å². The molecule has 0 amide bonds. The molecule has 0 saturated heterocycles. The number of ether oxygens (including phenoxy) is 1. The molecule has 25 heavy (non-hydrogen) atoms. The smallest absolute Gasteiger partial charge is 0.119 e. The normalized spacial score (nSPS) is 24.7. The Morgan fingerprint density at radius 1 is 1.08 bits per heavy atom. The summed E-state index contributed by atoms with van der Waals surface area (Å²) in [4.78, 5) is 2.30. The van der Waals surface area contributed by atoms with Crippen LogP contribution in [0.3, 0.4) is 0 Å². The molecule has 3 nitrogen and oxygen atoms in total. The zero-order valence-electron chi connectivity index (χ0n) is 14.4. The van der Waals surface area contributed by atoms with Gasteiger partial charge in [-0.1, -0.05) is 60.7 Å². The van der Waals surface area contributed by atoms with E-state index in [1.54, 1.807) is 0 Å². The number of allylic oxidation sites excluding steroid dienone is 2. The lowest BCUT2D eigenvalue weighted by Crippen LogP contribution is -2.45. The maximum absolute atomic E-state index is 10.6. The molecule has 128 valence electrons. The van der Waals surface area contributed by atoms with Crippen molar-refractivity contribution in [1.82, 2.24) is 0 Å². The summed E-state index contributed by atoms with van der Waals surface area (Å²) in [6.45, 7) is 3.09. The molecule has 2 aromatic rings. The molecule has 0 saturated carbocycles. The molecule has 3 unspecified atom stereocenters. The Balaban J connectivity index is 1.52. The number of hydrogen-bond acceptors (Lipinski definition) is 3. The van der Waals surface area contributed by atoms with Crippen LogP contribution < -0.4 is 9.64 Å². The van der Waals surface area contributed by atoms with Crippen LogP contribution in [0, 0.1) is 0 Å². The number of benzene rings is 2. The van der Waals surface area contributed by atoms with E-state index in [9.17, 15) is 5.11 Å². The summed E-state index contributed by atoms with van der Waals surface area (Å²) >= 11 is 0. The highest BCUT2D eigenvalue weighted by molar-refractivity contribution is 5.68. The van der Waals surface area contributed by atoms with Crippen molar-refractivity contribution in [2.75, 3.05) is 18.1 Å². The molecular weight excluding hydrogens is 310 g/mol. The van der Waals surface area contributed by atoms with Gasteiger partial charge < -0.3 is 14.7 Å². The zero-order valence-corrected chi connectivity index (χ0v) is 14.4. The summed E-state index contributed by atoms with van der Waals surface area (Å²) in [5, 5.41) is 10.6. The van der Waals surface area contributed by atoms with Crippen molar-refractivity contribution in [3.63, 3.8) is 0 Å². The lowest BCUT2D eigenvalue weighted by Gasteiger charge is -2.35. The van der Waals surface area contributed by atoms with Crippen molar-refractivity contribution in [2.24, 2.45) is 0 Å². The van der Waals surface area contributed by atoms with E-state index in [0.717, 1.165) is 5.75 Å². The number of β-amino-alcohol motifs (C(OH)–C–C–N with tert-alkyl or cyclic N) is 1. The molecule has 1 aliphatic heterocycles. The first-order chi connectivity index (χ1) is 12.2. The molecule has 0 aromatic heterocycles. The minimum Gasteiger partial charge on any atom is -0.491 e. The van der Waals surface area contributed by atoms with Crippen LogP contribution in [0.1, 0.15) is 12.5 Å². The highest BCUT2D eigenvalue weighted by Gasteiger charge is 2.45. The van der Waals surface area contributed by atoms with Crippen LogP contribution in [0.15, 0.2) is 78.9 Å². The molecule has 3 heteroatoms. The lowest BCUT2D eigenvalue weighted by molar-refractivity contribution is 0.111. The van der Waals surface area contributed by atoms with Gasteiger partial charge in [0.2, 0.25) is 0 Å². The molecule has 0 bridgehead atoms. The topological polar surface area (TPSA) is 32.7 Å². The molecule has 1 N–H and O–H groups in total. The van der Waals surface area contributed by atoms with E-state index in [0.29, 0.717) is 6.54 Å². The van der Waals surface area contributed by atoms with Gasteiger partial charge in [-0.25, -0.2) is 0 Å². The SMILES string of the molecule is CC12C=CC=CC1N(CC(O)COc1ccccc1)c1ccccc12. The average molecular weight is 333 g/mol. The summed E-state index contributed by atoms with van der Waals surface area (Å²) in [6, 6.07) is 18.3. The van der Waals surface area contributed by atoms with Crippen LogP contribution in [0.5, 0.6) is 5.75 Å². The fraction of sp³-hybridized carbons (Fsp3) is 0.273. The first-order valence-corrected chi connectivity index (χ1v) is 8.76. The third-order valence-electron chi connectivity index (χ3n) is 5.18. The van der Waals surface area contributed by atoms with Gasteiger partial charge in [-0.15, -0.1) is 0 Å². The summed E-state index contributed by atoms with van der Waals surface area (Å²) in [5.74, 6) is 0.786. The number of aliphatic hydroxyl groups excluding tert-OH is 1. The summed E-state index contributed by atoms with van der Waals surface area (Å²) in [7, 11) is 0. The second kappa shape index (κ2) is 6.41. The molecule has 0 fully saturated rings. The molecule has 2 aromatic carbocycles. The van der Waals surface area contributed by atoms with E-state index in [1.807, 2.05) is 30.3 Å². The molecule has 0 radical (unpaired) electrons. The monoisotopic (exact) mass is 333 g/mol. The van der Waals surface area contributed by atoms with Gasteiger partial charge in [-0.3, -0.25) is 0 Å². The fourth-order valence-corrected chi connectivity index (χ4v) is 3.93. The summed E-state index contributed by atoms with van der Waals surface area (Å²) in [5.41, 5.74) is 2.47. The van der Waals surface area contributed by atoms with Gasteiger partial charge >= 0.3 is 0 Å². The number of aliphatic hydroxyl groups is 1. The van der Waals surface area contributed by atoms with Gasteiger partial charge in [0, 0.05) is 17.6 Å². The molecule has 2 aliphatic rings. The highest BCUT2D eigenvalue weighted by Crippen LogP contribution is 2.47. The predicted octanol–water partition coefficient (Wildman–Crippen LogP) is 3.70. The van der Waals surface area contributed by atoms with Crippen molar-refractivity contribution in [1.29, 1.82) is 0 Å². The first kappa shape index (κ1) is 16.0. The maximum atomic E-state index is 10.6. The molecule has 1 aliphatic carbocycles. The lowest BCUT2D eigenvalue weighted by atomic mass is 9.76. The van der Waals surface area contributed by atoms with Crippen LogP contribution in [0.2, 0.25) is 0 Å². The van der Waals surface area contributed by atoms with E-state index in [-0.39, 0.29) is 18.1 Å². The van der Waals surface area contributed by atoms with E-state index in [4.69, 9.17) is 4.74 Å². The number of fused-ring (bicyclic) bond motifs is 3. The Kier molecular flexibility index (Phi) is 4.10. The van der Waals surface area contributed by atoms with Crippen LogP contribution in [-0.4, -0.2) is 30.4 Å². The Bertz CT molecular complexity index is 799. The van der Waals surface area contributed by atoms with E-state index in [2.05, 4.69) is 60.4 Å². The minimum atomic E-state index is -0.560. The van der Waals surface area contributed by atoms with Crippen molar-refractivity contribution >= 4 is 5.69 Å². The van der Waals surface area contributed by atoms with Crippen molar-refractivity contribution < 1.29 is 9.84 Å². The third kappa shape index (κ3) is 2.85. The van der Waals surface area contributed by atoms with Crippen LogP contribution in [0.4, 0.5) is 5.69 Å². The minimum absolute atomic E-state index is 0.0502. The van der Waals surface area contributed by atoms with Crippen LogP contribution >= 0.6 is 0 Å². The molecule has 3 atom stereocenters. The van der Waals surface area contributed by atoms with Gasteiger partial charge in [0.15, 0.2) is 0 Å². The molecule has 0 spiro atoms. The molecule has 4 rings (SSSR count). The third-order valence-corrected chi connectivity index (χ3v) is 5.18. The standard InChI is InChI=1S/C22H23NO2/c1-22-14-8-7-13-21(22)23(20-12-6-5-11-19(20)22)15-17(24)16-25-18-9-3-2-4-10-18/h2-14,17,21,24H,15-16H2,1H3. The average Bonchev–Trinajstić information content (AvgIpc) is 2.90. The highest BCUT2D eigenvalue weighted by atomic mass is 16.5. The Morgan fingerprint density at radius 3 is 2.68 bits per heavy atom. The number of rotatable bonds is 5. The Hall–Kier alpha value is -2.52. The predicted molar refractivity (Wildman–Crippen MR) is 101 cm³/mol. The quantitative estimate of drug-likeness (QED) is 0.906. The summed E-state index contributed by atoms with van der Waals surface area (Å²) in [6.07, 6.45) is 8.15. The Morgan fingerprint density at radius 2 is 1.84 bits per heavy atom. The second-order valence-electron chi connectivity index (χ2n) is 6.92.